The Hall–Kier alpha value is -1.24. The molecular formula is C10H14O. The standard InChI is InChI=1S/C6H6O.C4H8/c7-6-4-2-1-3-5-6;1-3-4-2/h1-5,7H;3-4H,1-2H3. The van der Waals surface area contributed by atoms with E-state index in [1.165, 1.54) is 0 Å². The van der Waals surface area contributed by atoms with Crippen molar-refractivity contribution in [3.8, 4) is 5.75 Å². The molecule has 0 bridgehead atoms. The van der Waals surface area contributed by atoms with Gasteiger partial charge in [-0.15, -0.1) is 0 Å². The van der Waals surface area contributed by atoms with Crippen molar-refractivity contribution in [2.24, 2.45) is 0 Å². The summed E-state index contributed by atoms with van der Waals surface area (Å²) in [7, 11) is 0. The van der Waals surface area contributed by atoms with Crippen molar-refractivity contribution in [3.05, 3.63) is 42.5 Å². The first-order chi connectivity index (χ1) is 5.31. The zero-order valence-corrected chi connectivity index (χ0v) is 6.99. The van der Waals surface area contributed by atoms with Crippen LogP contribution in [0.15, 0.2) is 42.5 Å². The second-order valence-electron chi connectivity index (χ2n) is 2.00. The smallest absolute Gasteiger partial charge is 0.115 e. The monoisotopic (exact) mass is 150 g/mol. The fraction of sp³-hybridized carbons (Fsp3) is 0.200. The van der Waals surface area contributed by atoms with Crippen LogP contribution in [0, 0.1) is 0 Å². The summed E-state index contributed by atoms with van der Waals surface area (Å²) >= 11 is 0. The molecule has 0 heterocycles. The third-order valence-electron chi connectivity index (χ3n) is 1.09. The first-order valence-electron chi connectivity index (χ1n) is 3.62. The maximum atomic E-state index is 8.63. The fourth-order valence-corrected chi connectivity index (χ4v) is 0.428. The molecule has 0 saturated carbocycles. The Balaban J connectivity index is 0.000000218. The Bertz CT molecular complexity index is 185. The third-order valence-corrected chi connectivity index (χ3v) is 1.09. The van der Waals surface area contributed by atoms with Crippen LogP contribution in [0.25, 0.3) is 0 Å². The lowest BCUT2D eigenvalue weighted by atomic mass is 10.3. The number of para-hydroxylation sites is 1. The molecule has 1 aromatic rings. The maximum absolute atomic E-state index is 8.63. The summed E-state index contributed by atoms with van der Waals surface area (Å²) in [6, 6.07) is 8.71. The average molecular weight is 150 g/mol. The molecule has 1 aromatic carbocycles. The third kappa shape index (κ3) is 6.65. The molecule has 0 aliphatic rings. The van der Waals surface area contributed by atoms with Crippen LogP contribution in [0.1, 0.15) is 13.8 Å². The topological polar surface area (TPSA) is 20.2 Å². The van der Waals surface area contributed by atoms with Crippen LogP contribution in [0.3, 0.4) is 0 Å². The van der Waals surface area contributed by atoms with Gasteiger partial charge in [0.25, 0.3) is 0 Å². The van der Waals surface area contributed by atoms with E-state index in [1.807, 2.05) is 32.1 Å². The van der Waals surface area contributed by atoms with Crippen LogP contribution in [0.5, 0.6) is 5.75 Å². The van der Waals surface area contributed by atoms with Crippen LogP contribution in [0.2, 0.25) is 0 Å². The molecule has 0 amide bonds. The highest BCUT2D eigenvalue weighted by molar-refractivity contribution is 5.18. The lowest BCUT2D eigenvalue weighted by Crippen LogP contribution is -1.56. The number of phenols is 1. The molecule has 0 spiro atoms. The van der Waals surface area contributed by atoms with Gasteiger partial charge in [-0.3, -0.25) is 0 Å². The number of benzene rings is 1. The lowest BCUT2D eigenvalue weighted by molar-refractivity contribution is 0.475. The van der Waals surface area contributed by atoms with Gasteiger partial charge in [0, 0.05) is 0 Å². The van der Waals surface area contributed by atoms with Gasteiger partial charge in [-0.1, -0.05) is 30.4 Å². The molecule has 0 unspecified atom stereocenters. The maximum Gasteiger partial charge on any atom is 0.115 e. The van der Waals surface area contributed by atoms with Crippen molar-refractivity contribution in [2.75, 3.05) is 0 Å². The van der Waals surface area contributed by atoms with Crippen molar-refractivity contribution >= 4 is 0 Å². The number of phenolic OH excluding ortho intramolecular Hbond substituents is 1. The minimum absolute atomic E-state index is 0.322. The first-order valence-corrected chi connectivity index (χ1v) is 3.62. The van der Waals surface area contributed by atoms with E-state index in [0.29, 0.717) is 5.75 Å². The minimum Gasteiger partial charge on any atom is -0.508 e. The normalized spacial score (nSPS) is 8.91. The van der Waals surface area contributed by atoms with Gasteiger partial charge in [-0.25, -0.2) is 0 Å². The first kappa shape index (κ1) is 9.76. The Morgan fingerprint density at radius 2 is 1.45 bits per heavy atom. The number of allylic oxidation sites excluding steroid dienone is 2. The molecule has 0 aliphatic heterocycles. The van der Waals surface area contributed by atoms with Gasteiger partial charge in [-0.05, 0) is 26.0 Å². The largest absolute Gasteiger partial charge is 0.508 e. The highest BCUT2D eigenvalue weighted by Crippen LogP contribution is 2.02. The second-order valence-corrected chi connectivity index (χ2v) is 2.00. The summed E-state index contributed by atoms with van der Waals surface area (Å²) < 4.78 is 0. The molecule has 0 atom stereocenters. The Labute approximate surface area is 68.0 Å². The van der Waals surface area contributed by atoms with Crippen molar-refractivity contribution in [1.82, 2.24) is 0 Å². The molecule has 0 aliphatic carbocycles. The summed E-state index contributed by atoms with van der Waals surface area (Å²) in [6.07, 6.45) is 4.00. The quantitative estimate of drug-likeness (QED) is 0.564. The predicted molar refractivity (Wildman–Crippen MR) is 48.6 cm³/mol. The molecule has 11 heavy (non-hydrogen) atoms. The molecule has 1 N–H and O–H groups in total. The summed E-state index contributed by atoms with van der Waals surface area (Å²) in [5, 5.41) is 8.63. The van der Waals surface area contributed by atoms with Crippen molar-refractivity contribution in [3.63, 3.8) is 0 Å². The fourth-order valence-electron chi connectivity index (χ4n) is 0.428. The zero-order valence-electron chi connectivity index (χ0n) is 6.99. The summed E-state index contributed by atoms with van der Waals surface area (Å²) in [6.45, 7) is 4.00. The van der Waals surface area contributed by atoms with Crippen molar-refractivity contribution < 1.29 is 5.11 Å². The van der Waals surface area contributed by atoms with Gasteiger partial charge in [0.1, 0.15) is 5.75 Å². The minimum atomic E-state index is 0.322. The molecule has 1 rings (SSSR count). The lowest BCUT2D eigenvalue weighted by Gasteiger charge is -1.82. The highest BCUT2D eigenvalue weighted by Gasteiger charge is 1.74. The molecule has 0 fully saturated rings. The van der Waals surface area contributed by atoms with Crippen LogP contribution >= 0.6 is 0 Å². The number of aromatic hydroxyl groups is 1. The number of hydrogen-bond acceptors (Lipinski definition) is 1. The number of rotatable bonds is 0. The molecule has 1 nitrogen and oxygen atoms in total. The van der Waals surface area contributed by atoms with Crippen molar-refractivity contribution in [2.45, 2.75) is 13.8 Å². The van der Waals surface area contributed by atoms with Crippen LogP contribution in [-0.2, 0) is 0 Å². The summed E-state index contributed by atoms with van der Waals surface area (Å²) in [5.74, 6) is 0.322. The van der Waals surface area contributed by atoms with E-state index in [9.17, 15) is 0 Å². The van der Waals surface area contributed by atoms with E-state index in [-0.39, 0.29) is 0 Å². The molecule has 60 valence electrons. The van der Waals surface area contributed by atoms with Gasteiger partial charge in [0.2, 0.25) is 0 Å². The van der Waals surface area contributed by atoms with Crippen LogP contribution in [0.4, 0.5) is 0 Å². The van der Waals surface area contributed by atoms with Gasteiger partial charge in [0.15, 0.2) is 0 Å². The Morgan fingerprint density at radius 3 is 1.64 bits per heavy atom. The second kappa shape index (κ2) is 6.87. The molecule has 1 heteroatoms. The van der Waals surface area contributed by atoms with E-state index in [2.05, 4.69) is 0 Å². The van der Waals surface area contributed by atoms with Crippen LogP contribution < -0.4 is 0 Å². The summed E-state index contributed by atoms with van der Waals surface area (Å²) in [5.41, 5.74) is 0. The number of hydrogen-bond donors (Lipinski definition) is 1. The Kier molecular flexibility index (Phi) is 6.10. The van der Waals surface area contributed by atoms with Crippen molar-refractivity contribution in [1.29, 1.82) is 0 Å². The molecule has 0 radical (unpaired) electrons. The predicted octanol–water partition coefficient (Wildman–Crippen LogP) is 2.97. The van der Waals surface area contributed by atoms with Gasteiger partial charge < -0.3 is 5.11 Å². The highest BCUT2D eigenvalue weighted by atomic mass is 16.3. The van der Waals surface area contributed by atoms with Gasteiger partial charge >= 0.3 is 0 Å². The van der Waals surface area contributed by atoms with E-state index >= 15 is 0 Å². The molecule has 0 aromatic heterocycles. The zero-order chi connectivity index (χ0) is 8.53. The van der Waals surface area contributed by atoms with Gasteiger partial charge in [-0.2, -0.15) is 0 Å². The van der Waals surface area contributed by atoms with Crippen LogP contribution in [-0.4, -0.2) is 5.11 Å². The van der Waals surface area contributed by atoms with E-state index in [4.69, 9.17) is 5.11 Å². The Morgan fingerprint density at radius 1 is 1.00 bits per heavy atom. The average Bonchev–Trinajstić information content (AvgIpc) is 2.07. The molecular weight excluding hydrogens is 136 g/mol. The molecule has 0 saturated heterocycles. The van der Waals surface area contributed by atoms with E-state index in [1.54, 1.807) is 24.3 Å². The van der Waals surface area contributed by atoms with E-state index < -0.39 is 0 Å². The van der Waals surface area contributed by atoms with Gasteiger partial charge in [0.05, 0.1) is 0 Å². The van der Waals surface area contributed by atoms with E-state index in [0.717, 1.165) is 0 Å². The SMILES string of the molecule is CC=CC.Oc1ccccc1. The summed E-state index contributed by atoms with van der Waals surface area (Å²) in [4.78, 5) is 0.